The number of nitrogens with zero attached hydrogens (tertiary/aromatic N) is 1. The number of hydrogen-bond acceptors (Lipinski definition) is 2. The van der Waals surface area contributed by atoms with Gasteiger partial charge < -0.3 is 5.11 Å². The van der Waals surface area contributed by atoms with Crippen LogP contribution in [0.15, 0.2) is 18.3 Å². The fraction of sp³-hybridized carbons (Fsp3) is 0.722. The Labute approximate surface area is 123 Å². The van der Waals surface area contributed by atoms with Crippen molar-refractivity contribution in [2.45, 2.75) is 71.3 Å². The molecule has 0 radical (unpaired) electrons. The maximum Gasteiger partial charge on any atom is 0.0623 e. The van der Waals surface area contributed by atoms with E-state index in [2.05, 4.69) is 24.9 Å². The summed E-state index contributed by atoms with van der Waals surface area (Å²) in [6.45, 7) is 4.35. The Morgan fingerprint density at radius 2 is 2.05 bits per heavy atom. The van der Waals surface area contributed by atoms with Crippen molar-refractivity contribution >= 4 is 0 Å². The lowest BCUT2D eigenvalue weighted by Crippen LogP contribution is -2.28. The van der Waals surface area contributed by atoms with Crippen LogP contribution < -0.4 is 0 Å². The van der Waals surface area contributed by atoms with E-state index in [-0.39, 0.29) is 6.10 Å². The molecule has 1 atom stereocenters. The second-order valence-corrected chi connectivity index (χ2v) is 6.46. The average Bonchev–Trinajstić information content (AvgIpc) is 2.48. The van der Waals surface area contributed by atoms with Gasteiger partial charge in [0.15, 0.2) is 0 Å². The normalized spacial score (nSPS) is 24.6. The van der Waals surface area contributed by atoms with Crippen LogP contribution in [0.25, 0.3) is 0 Å². The fourth-order valence-electron chi connectivity index (χ4n) is 3.45. The van der Waals surface area contributed by atoms with Crippen LogP contribution >= 0.6 is 0 Å². The third-order valence-electron chi connectivity index (χ3n) is 4.92. The Kier molecular flexibility index (Phi) is 6.03. The highest BCUT2D eigenvalue weighted by atomic mass is 16.3. The van der Waals surface area contributed by atoms with E-state index in [1.807, 2.05) is 12.3 Å². The summed E-state index contributed by atoms with van der Waals surface area (Å²) in [6, 6.07) is 4.04. The SMILES string of the molecule is CCCCC1CCC(C(O)Cc2ncccc2C)CC1. The van der Waals surface area contributed by atoms with Crippen LogP contribution in [-0.4, -0.2) is 16.2 Å². The number of hydrogen-bond donors (Lipinski definition) is 1. The molecule has 1 aromatic heterocycles. The molecule has 0 saturated heterocycles. The lowest BCUT2D eigenvalue weighted by Gasteiger charge is -2.31. The number of pyridine rings is 1. The quantitative estimate of drug-likeness (QED) is 0.840. The highest BCUT2D eigenvalue weighted by Gasteiger charge is 2.26. The van der Waals surface area contributed by atoms with Gasteiger partial charge in [-0.2, -0.15) is 0 Å². The number of rotatable bonds is 6. The number of aliphatic hydroxyl groups excluding tert-OH is 1. The minimum Gasteiger partial charge on any atom is -0.392 e. The van der Waals surface area contributed by atoms with E-state index in [1.165, 1.54) is 50.5 Å². The van der Waals surface area contributed by atoms with Gasteiger partial charge >= 0.3 is 0 Å². The van der Waals surface area contributed by atoms with E-state index in [4.69, 9.17) is 0 Å². The van der Waals surface area contributed by atoms with Gasteiger partial charge in [-0.3, -0.25) is 4.98 Å². The van der Waals surface area contributed by atoms with Crippen LogP contribution in [0.5, 0.6) is 0 Å². The van der Waals surface area contributed by atoms with Gasteiger partial charge in [-0.25, -0.2) is 0 Å². The summed E-state index contributed by atoms with van der Waals surface area (Å²) < 4.78 is 0. The van der Waals surface area contributed by atoms with E-state index in [0.29, 0.717) is 5.92 Å². The van der Waals surface area contributed by atoms with E-state index in [1.54, 1.807) is 0 Å². The highest BCUT2D eigenvalue weighted by Crippen LogP contribution is 2.34. The molecule has 0 aliphatic heterocycles. The summed E-state index contributed by atoms with van der Waals surface area (Å²) in [5, 5.41) is 10.5. The van der Waals surface area contributed by atoms with Crippen molar-refractivity contribution < 1.29 is 5.11 Å². The zero-order chi connectivity index (χ0) is 14.4. The van der Waals surface area contributed by atoms with Gasteiger partial charge in [-0.05, 0) is 43.2 Å². The monoisotopic (exact) mass is 275 g/mol. The van der Waals surface area contributed by atoms with Crippen molar-refractivity contribution in [3.05, 3.63) is 29.6 Å². The first kappa shape index (κ1) is 15.5. The van der Waals surface area contributed by atoms with Crippen molar-refractivity contribution in [1.82, 2.24) is 4.98 Å². The molecule has 1 N–H and O–H groups in total. The molecular weight excluding hydrogens is 246 g/mol. The topological polar surface area (TPSA) is 33.1 Å². The fourth-order valence-corrected chi connectivity index (χ4v) is 3.45. The second-order valence-electron chi connectivity index (χ2n) is 6.46. The molecular formula is C18H29NO. The van der Waals surface area contributed by atoms with E-state index in [0.717, 1.165) is 18.0 Å². The standard InChI is InChI=1S/C18H29NO/c1-3-4-7-15-8-10-16(11-9-15)18(20)13-17-14(2)6-5-12-19-17/h5-6,12,15-16,18,20H,3-4,7-11,13H2,1-2H3. The van der Waals surface area contributed by atoms with Gasteiger partial charge in [-0.15, -0.1) is 0 Å². The van der Waals surface area contributed by atoms with E-state index >= 15 is 0 Å². The summed E-state index contributed by atoms with van der Waals surface area (Å²) >= 11 is 0. The Balaban J connectivity index is 1.80. The number of aryl methyl sites for hydroxylation is 1. The van der Waals surface area contributed by atoms with Crippen molar-refractivity contribution in [3.8, 4) is 0 Å². The summed E-state index contributed by atoms with van der Waals surface area (Å²) in [5.41, 5.74) is 2.26. The first-order valence-corrected chi connectivity index (χ1v) is 8.29. The summed E-state index contributed by atoms with van der Waals surface area (Å²) in [4.78, 5) is 4.41. The molecule has 20 heavy (non-hydrogen) atoms. The van der Waals surface area contributed by atoms with Gasteiger partial charge in [0.05, 0.1) is 6.10 Å². The van der Waals surface area contributed by atoms with Crippen LogP contribution in [0.3, 0.4) is 0 Å². The molecule has 1 aliphatic carbocycles. The van der Waals surface area contributed by atoms with E-state index < -0.39 is 0 Å². The Morgan fingerprint density at radius 1 is 1.30 bits per heavy atom. The summed E-state index contributed by atoms with van der Waals surface area (Å²) in [5.74, 6) is 1.39. The Hall–Kier alpha value is -0.890. The van der Waals surface area contributed by atoms with Gasteiger partial charge in [-0.1, -0.05) is 45.1 Å². The maximum absolute atomic E-state index is 10.5. The van der Waals surface area contributed by atoms with Crippen LogP contribution in [-0.2, 0) is 6.42 Å². The minimum absolute atomic E-state index is 0.212. The first-order chi connectivity index (χ1) is 9.70. The van der Waals surface area contributed by atoms with Crippen LogP contribution in [0, 0.1) is 18.8 Å². The second kappa shape index (κ2) is 7.78. The molecule has 0 amide bonds. The number of unbranched alkanes of at least 4 members (excludes halogenated alkanes) is 1. The Bertz CT molecular complexity index is 396. The molecule has 2 rings (SSSR count). The number of aromatic nitrogens is 1. The van der Waals surface area contributed by atoms with Crippen molar-refractivity contribution in [1.29, 1.82) is 0 Å². The lowest BCUT2D eigenvalue weighted by atomic mass is 9.77. The molecule has 1 aliphatic rings. The highest BCUT2D eigenvalue weighted by molar-refractivity contribution is 5.18. The molecule has 1 saturated carbocycles. The largest absolute Gasteiger partial charge is 0.392 e. The summed E-state index contributed by atoms with van der Waals surface area (Å²) in [7, 11) is 0. The molecule has 1 heterocycles. The van der Waals surface area contributed by atoms with Crippen LogP contribution in [0.4, 0.5) is 0 Å². The molecule has 0 spiro atoms. The maximum atomic E-state index is 10.5. The molecule has 1 unspecified atom stereocenters. The van der Waals surface area contributed by atoms with Gasteiger partial charge in [0.2, 0.25) is 0 Å². The third kappa shape index (κ3) is 4.31. The molecule has 0 aromatic carbocycles. The van der Waals surface area contributed by atoms with Gasteiger partial charge in [0.25, 0.3) is 0 Å². The van der Waals surface area contributed by atoms with Crippen molar-refractivity contribution in [2.24, 2.45) is 11.8 Å². The minimum atomic E-state index is -0.212. The molecule has 0 bridgehead atoms. The van der Waals surface area contributed by atoms with Crippen LogP contribution in [0.2, 0.25) is 0 Å². The predicted molar refractivity (Wildman–Crippen MR) is 83.7 cm³/mol. The zero-order valence-electron chi connectivity index (χ0n) is 13.0. The average molecular weight is 275 g/mol. The van der Waals surface area contributed by atoms with Gasteiger partial charge in [0, 0.05) is 18.3 Å². The van der Waals surface area contributed by atoms with Gasteiger partial charge in [0.1, 0.15) is 0 Å². The Morgan fingerprint density at radius 3 is 2.70 bits per heavy atom. The number of aliphatic hydroxyl groups is 1. The molecule has 112 valence electrons. The van der Waals surface area contributed by atoms with E-state index in [9.17, 15) is 5.11 Å². The molecule has 1 aromatic rings. The molecule has 1 fully saturated rings. The van der Waals surface area contributed by atoms with Crippen LogP contribution in [0.1, 0.15) is 63.1 Å². The first-order valence-electron chi connectivity index (χ1n) is 8.29. The third-order valence-corrected chi connectivity index (χ3v) is 4.92. The van der Waals surface area contributed by atoms with Crippen molar-refractivity contribution in [3.63, 3.8) is 0 Å². The molecule has 2 heteroatoms. The predicted octanol–water partition coefficient (Wildman–Crippen LogP) is 4.29. The molecule has 2 nitrogen and oxygen atoms in total. The van der Waals surface area contributed by atoms with Crippen molar-refractivity contribution in [2.75, 3.05) is 0 Å². The summed E-state index contributed by atoms with van der Waals surface area (Å²) in [6.07, 6.45) is 11.4. The zero-order valence-corrected chi connectivity index (χ0v) is 13.0. The lowest BCUT2D eigenvalue weighted by molar-refractivity contribution is 0.0717. The smallest absolute Gasteiger partial charge is 0.0623 e.